The molecule has 21 heavy (non-hydrogen) atoms. The van der Waals surface area contributed by atoms with E-state index in [0.717, 1.165) is 45.6 Å². The van der Waals surface area contributed by atoms with Gasteiger partial charge in [-0.25, -0.2) is 0 Å². The molecule has 4 heteroatoms. The summed E-state index contributed by atoms with van der Waals surface area (Å²) >= 11 is 0. The van der Waals surface area contributed by atoms with Gasteiger partial charge in [-0.2, -0.15) is 0 Å². The highest BCUT2D eigenvalue weighted by atomic mass is 16.5. The first-order valence-corrected chi connectivity index (χ1v) is 8.99. The highest BCUT2D eigenvalue weighted by molar-refractivity contribution is 5.05. The molecule has 0 saturated carbocycles. The van der Waals surface area contributed by atoms with Crippen LogP contribution in [0, 0.1) is 0 Å². The summed E-state index contributed by atoms with van der Waals surface area (Å²) < 4.78 is 11.2. The van der Waals surface area contributed by atoms with Crippen LogP contribution in [0.25, 0.3) is 0 Å². The summed E-state index contributed by atoms with van der Waals surface area (Å²) in [7, 11) is 0. The standard InChI is InChI=1S/C15H28N2O2.C2H6/c1-2-18-13-15-5-3-7-17(15)14(4-6-15)12-16-8-10-19-11-9-16;1-2/h14H,2-13H2,1H3;1-2H3/t14-,15?;/m1./s1. The van der Waals surface area contributed by atoms with Gasteiger partial charge in [0.15, 0.2) is 0 Å². The lowest BCUT2D eigenvalue weighted by Crippen LogP contribution is -2.50. The minimum absolute atomic E-state index is 0.382. The lowest BCUT2D eigenvalue weighted by Gasteiger charge is -2.37. The highest BCUT2D eigenvalue weighted by Crippen LogP contribution is 2.42. The van der Waals surface area contributed by atoms with Crippen LogP contribution in [0.3, 0.4) is 0 Å². The van der Waals surface area contributed by atoms with E-state index in [4.69, 9.17) is 9.47 Å². The fraction of sp³-hybridized carbons (Fsp3) is 1.00. The zero-order valence-electron chi connectivity index (χ0n) is 14.3. The first kappa shape index (κ1) is 17.2. The molecule has 3 fully saturated rings. The Morgan fingerprint density at radius 3 is 2.62 bits per heavy atom. The quantitative estimate of drug-likeness (QED) is 0.778. The maximum absolute atomic E-state index is 5.79. The normalized spacial score (nSPS) is 33.6. The van der Waals surface area contributed by atoms with Crippen LogP contribution in [-0.2, 0) is 9.47 Å². The fourth-order valence-electron chi connectivity index (χ4n) is 4.18. The Balaban J connectivity index is 0.000000774. The molecule has 3 aliphatic heterocycles. The molecule has 0 spiro atoms. The first-order valence-electron chi connectivity index (χ1n) is 8.99. The molecule has 3 rings (SSSR count). The molecule has 0 aromatic rings. The average Bonchev–Trinajstić information content (AvgIpc) is 3.09. The molecule has 0 amide bonds. The second-order valence-corrected chi connectivity index (χ2v) is 6.26. The summed E-state index contributed by atoms with van der Waals surface area (Å²) in [4.78, 5) is 5.36. The van der Waals surface area contributed by atoms with Crippen LogP contribution < -0.4 is 0 Å². The molecule has 0 aliphatic carbocycles. The third-order valence-electron chi connectivity index (χ3n) is 5.18. The van der Waals surface area contributed by atoms with Gasteiger partial charge in [0.2, 0.25) is 0 Å². The number of morpholine rings is 1. The van der Waals surface area contributed by atoms with Crippen molar-refractivity contribution >= 4 is 0 Å². The smallest absolute Gasteiger partial charge is 0.0650 e. The Hall–Kier alpha value is -0.160. The molecule has 1 unspecified atom stereocenters. The van der Waals surface area contributed by atoms with Crippen LogP contribution in [0.2, 0.25) is 0 Å². The van der Waals surface area contributed by atoms with Crippen molar-refractivity contribution in [3.05, 3.63) is 0 Å². The molecular weight excluding hydrogens is 264 g/mol. The largest absolute Gasteiger partial charge is 0.380 e. The van der Waals surface area contributed by atoms with Crippen molar-refractivity contribution in [2.45, 2.75) is 58.0 Å². The maximum atomic E-state index is 5.79. The molecule has 3 saturated heterocycles. The molecule has 2 atom stereocenters. The van der Waals surface area contributed by atoms with E-state index >= 15 is 0 Å². The van der Waals surface area contributed by atoms with Gasteiger partial charge in [0, 0.05) is 37.8 Å². The number of hydrogen-bond donors (Lipinski definition) is 0. The second kappa shape index (κ2) is 8.47. The van der Waals surface area contributed by atoms with Crippen molar-refractivity contribution in [1.82, 2.24) is 9.80 Å². The van der Waals surface area contributed by atoms with Gasteiger partial charge in [-0.1, -0.05) is 13.8 Å². The lowest BCUT2D eigenvalue weighted by molar-refractivity contribution is 0.00494. The van der Waals surface area contributed by atoms with Crippen LogP contribution in [0.4, 0.5) is 0 Å². The predicted octanol–water partition coefficient (Wildman–Crippen LogP) is 2.38. The van der Waals surface area contributed by atoms with Crippen molar-refractivity contribution in [3.63, 3.8) is 0 Å². The topological polar surface area (TPSA) is 24.9 Å². The summed E-state index contributed by atoms with van der Waals surface area (Å²) in [6.07, 6.45) is 5.38. The number of nitrogens with zero attached hydrogens (tertiary/aromatic N) is 2. The average molecular weight is 298 g/mol. The number of hydrogen-bond acceptors (Lipinski definition) is 4. The van der Waals surface area contributed by atoms with Crippen molar-refractivity contribution in [1.29, 1.82) is 0 Å². The molecule has 0 N–H and O–H groups in total. The first-order chi connectivity index (χ1) is 10.3. The summed E-state index contributed by atoms with van der Waals surface area (Å²) in [5.74, 6) is 0. The molecule has 0 aromatic carbocycles. The molecule has 3 aliphatic rings. The van der Waals surface area contributed by atoms with Crippen LogP contribution in [0.5, 0.6) is 0 Å². The Bertz CT molecular complexity index is 295. The van der Waals surface area contributed by atoms with Gasteiger partial charge in [-0.05, 0) is 39.2 Å². The molecule has 4 nitrogen and oxygen atoms in total. The Morgan fingerprint density at radius 1 is 1.14 bits per heavy atom. The van der Waals surface area contributed by atoms with Crippen molar-refractivity contribution in [2.75, 3.05) is 52.6 Å². The van der Waals surface area contributed by atoms with Crippen LogP contribution in [0.15, 0.2) is 0 Å². The molecule has 0 aromatic heterocycles. The molecule has 124 valence electrons. The van der Waals surface area contributed by atoms with E-state index in [9.17, 15) is 0 Å². The van der Waals surface area contributed by atoms with Gasteiger partial charge in [0.05, 0.1) is 19.8 Å². The highest BCUT2D eigenvalue weighted by Gasteiger charge is 2.49. The van der Waals surface area contributed by atoms with E-state index < -0.39 is 0 Å². The zero-order chi connectivity index (χ0) is 15.1. The molecule has 0 radical (unpaired) electrons. The van der Waals surface area contributed by atoms with Crippen LogP contribution in [0.1, 0.15) is 46.5 Å². The summed E-state index contributed by atoms with van der Waals surface area (Å²) in [5, 5.41) is 0. The Kier molecular flexibility index (Phi) is 6.93. The van der Waals surface area contributed by atoms with Crippen molar-refractivity contribution < 1.29 is 9.47 Å². The van der Waals surface area contributed by atoms with Gasteiger partial charge in [-0.15, -0.1) is 0 Å². The number of fused-ring (bicyclic) bond motifs is 1. The SMILES string of the molecule is CC.CCOCC12CCCN1[C@@H](CN1CCOCC1)CC2. The van der Waals surface area contributed by atoms with Gasteiger partial charge >= 0.3 is 0 Å². The summed E-state index contributed by atoms with van der Waals surface area (Å²) in [6, 6.07) is 0.751. The van der Waals surface area contributed by atoms with E-state index in [2.05, 4.69) is 16.7 Å². The lowest BCUT2D eigenvalue weighted by atomic mass is 9.95. The molecule has 0 bridgehead atoms. The zero-order valence-corrected chi connectivity index (χ0v) is 14.3. The maximum Gasteiger partial charge on any atom is 0.0650 e. The van der Waals surface area contributed by atoms with Gasteiger partial charge < -0.3 is 9.47 Å². The third kappa shape index (κ3) is 3.98. The fourth-order valence-corrected chi connectivity index (χ4v) is 4.18. The van der Waals surface area contributed by atoms with Crippen molar-refractivity contribution in [2.24, 2.45) is 0 Å². The monoisotopic (exact) mass is 298 g/mol. The van der Waals surface area contributed by atoms with Crippen LogP contribution in [-0.4, -0.2) is 74.0 Å². The third-order valence-corrected chi connectivity index (χ3v) is 5.18. The summed E-state index contributed by atoms with van der Waals surface area (Å²) in [6.45, 7) is 14.5. The van der Waals surface area contributed by atoms with E-state index in [1.165, 1.54) is 38.8 Å². The van der Waals surface area contributed by atoms with Crippen LogP contribution >= 0.6 is 0 Å². The Labute approximate surface area is 130 Å². The molecule has 3 heterocycles. The number of ether oxygens (including phenoxy) is 2. The van der Waals surface area contributed by atoms with Gasteiger partial charge in [0.25, 0.3) is 0 Å². The van der Waals surface area contributed by atoms with E-state index in [1.807, 2.05) is 13.8 Å². The second-order valence-electron chi connectivity index (χ2n) is 6.26. The van der Waals surface area contributed by atoms with Gasteiger partial charge in [0.1, 0.15) is 0 Å². The minimum atomic E-state index is 0.382. The van der Waals surface area contributed by atoms with E-state index in [-0.39, 0.29) is 0 Å². The van der Waals surface area contributed by atoms with Gasteiger partial charge in [-0.3, -0.25) is 9.80 Å². The Morgan fingerprint density at radius 2 is 1.90 bits per heavy atom. The van der Waals surface area contributed by atoms with E-state index in [0.29, 0.717) is 5.54 Å². The van der Waals surface area contributed by atoms with E-state index in [1.54, 1.807) is 0 Å². The summed E-state index contributed by atoms with van der Waals surface area (Å²) in [5.41, 5.74) is 0.382. The number of rotatable bonds is 5. The minimum Gasteiger partial charge on any atom is -0.380 e. The predicted molar refractivity (Wildman–Crippen MR) is 86.8 cm³/mol. The molecular formula is C17H34N2O2. The van der Waals surface area contributed by atoms with Crippen molar-refractivity contribution in [3.8, 4) is 0 Å².